The van der Waals surface area contributed by atoms with Crippen molar-refractivity contribution in [3.63, 3.8) is 0 Å². The van der Waals surface area contributed by atoms with Crippen molar-refractivity contribution >= 4 is 31.5 Å². The fraction of sp³-hybridized carbons (Fsp3) is 0.353. The third-order valence-electron chi connectivity index (χ3n) is 3.94. The van der Waals surface area contributed by atoms with E-state index in [0.717, 1.165) is 9.87 Å². The molecule has 10 heteroatoms. The summed E-state index contributed by atoms with van der Waals surface area (Å²) >= 11 is 0. The molecule has 1 aromatic carbocycles. The summed E-state index contributed by atoms with van der Waals surface area (Å²) in [5, 5.41) is 0.866. The standard InChI is InChI=1S/C17H22N2O6S2/c1-12-5-7-14(8-6-12)18-17(20)13(2)26(21,22)11-15-9-10-16(25-15)27(23,24)19(3)4/h5-10,13H,11H2,1-4H3,(H,18,20). The first-order valence-corrected chi connectivity index (χ1v) is 11.2. The van der Waals surface area contributed by atoms with Crippen LogP contribution in [0, 0.1) is 6.92 Å². The zero-order chi connectivity index (χ0) is 20.4. The Morgan fingerprint density at radius 1 is 1.07 bits per heavy atom. The van der Waals surface area contributed by atoms with E-state index in [-0.39, 0.29) is 10.9 Å². The number of hydrogen-bond donors (Lipinski definition) is 1. The fourth-order valence-electron chi connectivity index (χ4n) is 2.12. The minimum atomic E-state index is -3.91. The van der Waals surface area contributed by atoms with E-state index < -0.39 is 36.8 Å². The Hall–Kier alpha value is -2.17. The largest absolute Gasteiger partial charge is 0.447 e. The predicted molar refractivity (Wildman–Crippen MR) is 101 cm³/mol. The maximum Gasteiger partial charge on any atom is 0.275 e. The molecule has 1 amide bonds. The minimum Gasteiger partial charge on any atom is -0.447 e. The second kappa shape index (κ2) is 7.83. The molecule has 2 aromatic rings. The molecule has 2 rings (SSSR count). The highest BCUT2D eigenvalue weighted by Crippen LogP contribution is 2.20. The molecule has 0 fully saturated rings. The van der Waals surface area contributed by atoms with Gasteiger partial charge in [0, 0.05) is 19.8 Å². The van der Waals surface area contributed by atoms with Gasteiger partial charge in [0.1, 0.15) is 16.8 Å². The van der Waals surface area contributed by atoms with Crippen LogP contribution in [-0.2, 0) is 30.4 Å². The van der Waals surface area contributed by atoms with Crippen LogP contribution in [-0.4, -0.2) is 46.4 Å². The van der Waals surface area contributed by atoms with Crippen molar-refractivity contribution in [2.75, 3.05) is 19.4 Å². The third kappa shape index (κ3) is 4.96. The van der Waals surface area contributed by atoms with Crippen molar-refractivity contribution < 1.29 is 26.0 Å². The van der Waals surface area contributed by atoms with Gasteiger partial charge in [-0.05, 0) is 38.1 Å². The zero-order valence-electron chi connectivity index (χ0n) is 15.5. The molecule has 8 nitrogen and oxygen atoms in total. The first-order chi connectivity index (χ1) is 12.4. The molecule has 0 aliphatic carbocycles. The second-order valence-electron chi connectivity index (χ2n) is 6.31. The molecule has 0 spiro atoms. The van der Waals surface area contributed by atoms with Gasteiger partial charge < -0.3 is 9.73 Å². The summed E-state index contributed by atoms with van der Waals surface area (Å²) in [7, 11) is -5.03. The zero-order valence-corrected chi connectivity index (χ0v) is 17.1. The Morgan fingerprint density at radius 2 is 1.67 bits per heavy atom. The normalized spacial score (nSPS) is 13.5. The molecule has 1 atom stereocenters. The SMILES string of the molecule is Cc1ccc(NC(=O)C(C)S(=O)(=O)Cc2ccc(S(=O)(=O)N(C)C)o2)cc1. The number of sulfonamides is 1. The summed E-state index contributed by atoms with van der Waals surface area (Å²) in [6.07, 6.45) is 0. The van der Waals surface area contributed by atoms with Crippen molar-refractivity contribution in [3.05, 3.63) is 47.7 Å². The van der Waals surface area contributed by atoms with Crippen LogP contribution in [0.25, 0.3) is 0 Å². The van der Waals surface area contributed by atoms with Crippen LogP contribution >= 0.6 is 0 Å². The first-order valence-electron chi connectivity index (χ1n) is 8.04. The van der Waals surface area contributed by atoms with Gasteiger partial charge in [0.2, 0.25) is 11.0 Å². The molecule has 0 aliphatic rings. The molecule has 1 aromatic heterocycles. The summed E-state index contributed by atoms with van der Waals surface area (Å²) in [5.74, 6) is -1.31. The molecule has 0 radical (unpaired) electrons. The van der Waals surface area contributed by atoms with E-state index in [2.05, 4.69) is 5.32 Å². The highest BCUT2D eigenvalue weighted by Gasteiger charge is 2.30. The maximum absolute atomic E-state index is 12.5. The van der Waals surface area contributed by atoms with Crippen molar-refractivity contribution in [2.24, 2.45) is 0 Å². The van der Waals surface area contributed by atoms with Gasteiger partial charge in [0.25, 0.3) is 10.0 Å². The number of aryl methyl sites for hydroxylation is 1. The number of nitrogens with one attached hydrogen (secondary N) is 1. The van der Waals surface area contributed by atoms with Crippen LogP contribution in [0.3, 0.4) is 0 Å². The summed E-state index contributed by atoms with van der Waals surface area (Å²) < 4.78 is 55.1. The molecule has 27 heavy (non-hydrogen) atoms. The smallest absolute Gasteiger partial charge is 0.275 e. The highest BCUT2D eigenvalue weighted by atomic mass is 32.2. The number of sulfone groups is 1. The van der Waals surface area contributed by atoms with Gasteiger partial charge in [-0.3, -0.25) is 4.79 Å². The Kier molecular flexibility index (Phi) is 6.13. The number of nitrogens with zero attached hydrogens (tertiary/aromatic N) is 1. The lowest BCUT2D eigenvalue weighted by Gasteiger charge is -2.13. The molecule has 0 saturated heterocycles. The monoisotopic (exact) mass is 414 g/mol. The van der Waals surface area contributed by atoms with Crippen molar-refractivity contribution in [3.8, 4) is 0 Å². The fourth-order valence-corrected chi connectivity index (χ4v) is 4.12. The number of carbonyl (C=O) groups excluding carboxylic acids is 1. The summed E-state index contributed by atoms with van der Waals surface area (Å²) in [6, 6.07) is 9.42. The molecule has 0 saturated carbocycles. The Labute approximate surface area is 159 Å². The molecule has 0 aliphatic heterocycles. The second-order valence-corrected chi connectivity index (χ2v) is 10.7. The number of anilines is 1. The maximum atomic E-state index is 12.5. The van der Waals surface area contributed by atoms with Gasteiger partial charge >= 0.3 is 0 Å². The van der Waals surface area contributed by atoms with E-state index in [1.165, 1.54) is 33.2 Å². The van der Waals surface area contributed by atoms with Crippen molar-refractivity contribution in [2.45, 2.75) is 29.9 Å². The Balaban J connectivity index is 2.12. The molecule has 1 heterocycles. The van der Waals surface area contributed by atoms with E-state index in [1.54, 1.807) is 24.3 Å². The summed E-state index contributed by atoms with van der Waals surface area (Å²) in [4.78, 5) is 12.3. The first kappa shape index (κ1) is 21.1. The average Bonchev–Trinajstić information content (AvgIpc) is 3.04. The molecule has 0 bridgehead atoms. The number of carbonyl (C=O) groups is 1. The summed E-state index contributed by atoms with van der Waals surface area (Å²) in [5.41, 5.74) is 1.50. The van der Waals surface area contributed by atoms with Crippen LogP contribution in [0.1, 0.15) is 18.2 Å². The Bertz CT molecular complexity index is 1020. The lowest BCUT2D eigenvalue weighted by atomic mass is 10.2. The van der Waals surface area contributed by atoms with Crippen molar-refractivity contribution in [1.82, 2.24) is 4.31 Å². The van der Waals surface area contributed by atoms with Crippen LogP contribution in [0.5, 0.6) is 0 Å². The lowest BCUT2D eigenvalue weighted by Crippen LogP contribution is -2.33. The van der Waals surface area contributed by atoms with E-state index in [9.17, 15) is 21.6 Å². The quantitative estimate of drug-likeness (QED) is 0.739. The molecular formula is C17H22N2O6S2. The number of hydrogen-bond acceptors (Lipinski definition) is 6. The minimum absolute atomic E-state index is 0.0505. The predicted octanol–water partition coefficient (Wildman–Crippen LogP) is 1.78. The van der Waals surface area contributed by atoms with Crippen LogP contribution in [0.15, 0.2) is 45.9 Å². The van der Waals surface area contributed by atoms with E-state index in [4.69, 9.17) is 4.42 Å². The van der Waals surface area contributed by atoms with Crippen molar-refractivity contribution in [1.29, 1.82) is 0 Å². The van der Waals surface area contributed by atoms with E-state index in [1.807, 2.05) is 6.92 Å². The summed E-state index contributed by atoms with van der Waals surface area (Å²) in [6.45, 7) is 3.17. The van der Waals surface area contributed by atoms with E-state index >= 15 is 0 Å². The Morgan fingerprint density at radius 3 is 2.22 bits per heavy atom. The van der Waals surface area contributed by atoms with Gasteiger partial charge in [-0.25, -0.2) is 21.1 Å². The molecule has 1 unspecified atom stereocenters. The average molecular weight is 415 g/mol. The number of benzene rings is 1. The molecule has 1 N–H and O–H groups in total. The van der Waals surface area contributed by atoms with Crippen LogP contribution in [0.2, 0.25) is 0 Å². The van der Waals surface area contributed by atoms with E-state index in [0.29, 0.717) is 5.69 Å². The van der Waals surface area contributed by atoms with Gasteiger partial charge in [0.15, 0.2) is 9.84 Å². The van der Waals surface area contributed by atoms with Crippen LogP contribution < -0.4 is 5.32 Å². The van der Waals surface area contributed by atoms with Crippen LogP contribution in [0.4, 0.5) is 5.69 Å². The number of rotatable bonds is 7. The number of furan rings is 1. The molecule has 148 valence electrons. The lowest BCUT2D eigenvalue weighted by molar-refractivity contribution is -0.115. The topological polar surface area (TPSA) is 114 Å². The highest BCUT2D eigenvalue weighted by molar-refractivity contribution is 7.92. The van der Waals surface area contributed by atoms with Gasteiger partial charge in [-0.1, -0.05) is 17.7 Å². The molecular weight excluding hydrogens is 392 g/mol. The number of amides is 1. The van der Waals surface area contributed by atoms with Gasteiger partial charge in [-0.15, -0.1) is 0 Å². The third-order valence-corrected chi connectivity index (χ3v) is 7.61. The van der Waals surface area contributed by atoms with Gasteiger partial charge in [-0.2, -0.15) is 0 Å². The van der Waals surface area contributed by atoms with Gasteiger partial charge in [0.05, 0.1) is 0 Å².